The summed E-state index contributed by atoms with van der Waals surface area (Å²) < 4.78 is 36.4. The number of alkyl halides is 3. The molecule has 0 aliphatic carbocycles. The standard InChI is InChI=1S/C12H14F3NO2/c1-8-4-3-5-9(11(17)18)10(8)16(2)7-6-12(13,14)15/h3-5H,6-7H2,1-2H3,(H,17,18). The zero-order valence-electron chi connectivity index (χ0n) is 10.1. The van der Waals surface area contributed by atoms with Crippen LogP contribution in [-0.4, -0.2) is 30.8 Å². The average molecular weight is 261 g/mol. The van der Waals surface area contributed by atoms with Crippen molar-refractivity contribution in [2.24, 2.45) is 0 Å². The first-order chi connectivity index (χ1) is 8.22. The van der Waals surface area contributed by atoms with Gasteiger partial charge in [-0.05, 0) is 18.6 Å². The molecule has 0 radical (unpaired) electrons. The monoisotopic (exact) mass is 261 g/mol. The Labute approximate surface area is 103 Å². The van der Waals surface area contributed by atoms with Crippen molar-refractivity contribution >= 4 is 11.7 Å². The van der Waals surface area contributed by atoms with E-state index in [1.165, 1.54) is 18.0 Å². The van der Waals surface area contributed by atoms with E-state index in [0.29, 0.717) is 11.3 Å². The summed E-state index contributed by atoms with van der Waals surface area (Å²) in [6.45, 7) is 1.40. The van der Waals surface area contributed by atoms with E-state index < -0.39 is 18.6 Å². The van der Waals surface area contributed by atoms with E-state index in [2.05, 4.69) is 0 Å². The largest absolute Gasteiger partial charge is 0.478 e. The summed E-state index contributed by atoms with van der Waals surface area (Å²) >= 11 is 0. The molecule has 1 rings (SSSR count). The van der Waals surface area contributed by atoms with Gasteiger partial charge < -0.3 is 10.0 Å². The van der Waals surface area contributed by atoms with Crippen LogP contribution < -0.4 is 4.90 Å². The Bertz CT molecular complexity index is 443. The number of carboxylic acids is 1. The molecule has 1 aromatic carbocycles. The highest BCUT2D eigenvalue weighted by molar-refractivity contribution is 5.95. The Morgan fingerprint density at radius 1 is 1.39 bits per heavy atom. The van der Waals surface area contributed by atoms with Gasteiger partial charge in [-0.1, -0.05) is 12.1 Å². The Morgan fingerprint density at radius 2 is 2.00 bits per heavy atom. The highest BCUT2D eigenvalue weighted by atomic mass is 19.4. The third-order valence-corrected chi connectivity index (χ3v) is 2.58. The number of benzene rings is 1. The van der Waals surface area contributed by atoms with Gasteiger partial charge >= 0.3 is 12.1 Å². The molecule has 100 valence electrons. The number of rotatable bonds is 4. The number of halogens is 3. The quantitative estimate of drug-likeness (QED) is 0.905. The first-order valence-electron chi connectivity index (χ1n) is 5.33. The van der Waals surface area contributed by atoms with Crippen molar-refractivity contribution in [3.63, 3.8) is 0 Å². The van der Waals surface area contributed by atoms with Crippen LogP contribution in [0.15, 0.2) is 18.2 Å². The molecule has 0 aromatic heterocycles. The normalized spacial score (nSPS) is 11.4. The fourth-order valence-corrected chi connectivity index (χ4v) is 1.74. The van der Waals surface area contributed by atoms with Gasteiger partial charge in [0.1, 0.15) is 0 Å². The lowest BCUT2D eigenvalue weighted by atomic mass is 10.1. The molecule has 0 fully saturated rings. The molecule has 18 heavy (non-hydrogen) atoms. The third kappa shape index (κ3) is 3.65. The maximum absolute atomic E-state index is 12.1. The van der Waals surface area contributed by atoms with Crippen molar-refractivity contribution in [1.82, 2.24) is 0 Å². The Kier molecular flexibility index (Phi) is 4.21. The second-order valence-electron chi connectivity index (χ2n) is 4.06. The summed E-state index contributed by atoms with van der Waals surface area (Å²) in [5.74, 6) is -1.15. The van der Waals surface area contributed by atoms with Gasteiger partial charge in [0.15, 0.2) is 0 Å². The van der Waals surface area contributed by atoms with Crippen molar-refractivity contribution in [3.05, 3.63) is 29.3 Å². The van der Waals surface area contributed by atoms with Gasteiger partial charge in [-0.15, -0.1) is 0 Å². The highest BCUT2D eigenvalue weighted by Gasteiger charge is 2.28. The number of anilines is 1. The van der Waals surface area contributed by atoms with E-state index in [1.807, 2.05) is 0 Å². The summed E-state index contributed by atoms with van der Waals surface area (Å²) in [6.07, 6.45) is -5.22. The molecule has 0 aliphatic rings. The molecular formula is C12H14F3NO2. The second kappa shape index (κ2) is 5.29. The number of aromatic carboxylic acids is 1. The van der Waals surface area contributed by atoms with Crippen LogP contribution >= 0.6 is 0 Å². The zero-order valence-corrected chi connectivity index (χ0v) is 10.1. The van der Waals surface area contributed by atoms with E-state index in [1.54, 1.807) is 19.1 Å². The van der Waals surface area contributed by atoms with Crippen molar-refractivity contribution < 1.29 is 23.1 Å². The number of aryl methyl sites for hydroxylation is 1. The molecule has 3 nitrogen and oxygen atoms in total. The Balaban J connectivity index is 2.97. The van der Waals surface area contributed by atoms with Gasteiger partial charge in [-0.25, -0.2) is 4.79 Å². The van der Waals surface area contributed by atoms with Crippen molar-refractivity contribution in [3.8, 4) is 0 Å². The smallest absolute Gasteiger partial charge is 0.390 e. The van der Waals surface area contributed by atoms with Gasteiger partial charge in [0, 0.05) is 13.6 Å². The number of para-hydroxylation sites is 1. The molecule has 0 heterocycles. The predicted octanol–water partition coefficient (Wildman–Crippen LogP) is 3.08. The summed E-state index contributed by atoms with van der Waals surface area (Å²) in [5.41, 5.74) is 0.980. The Morgan fingerprint density at radius 3 is 2.50 bits per heavy atom. The first kappa shape index (κ1) is 14.3. The van der Waals surface area contributed by atoms with Crippen LogP contribution in [-0.2, 0) is 0 Å². The van der Waals surface area contributed by atoms with Crippen molar-refractivity contribution in [1.29, 1.82) is 0 Å². The van der Waals surface area contributed by atoms with Gasteiger partial charge in [-0.2, -0.15) is 13.2 Å². The molecule has 0 unspecified atom stereocenters. The third-order valence-electron chi connectivity index (χ3n) is 2.58. The van der Waals surface area contributed by atoms with Crippen molar-refractivity contribution in [2.45, 2.75) is 19.5 Å². The van der Waals surface area contributed by atoms with E-state index in [4.69, 9.17) is 5.11 Å². The lowest BCUT2D eigenvalue weighted by molar-refractivity contribution is -0.132. The maximum atomic E-state index is 12.1. The fraction of sp³-hybridized carbons (Fsp3) is 0.417. The molecule has 0 saturated heterocycles. The lowest BCUT2D eigenvalue weighted by Crippen LogP contribution is -2.26. The minimum absolute atomic E-state index is 0.0136. The van der Waals surface area contributed by atoms with Crippen LogP contribution in [0.2, 0.25) is 0 Å². The topological polar surface area (TPSA) is 40.5 Å². The summed E-state index contributed by atoms with van der Waals surface area (Å²) in [7, 11) is 1.46. The molecule has 1 aromatic rings. The number of hydrogen-bond donors (Lipinski definition) is 1. The fourth-order valence-electron chi connectivity index (χ4n) is 1.74. The van der Waals surface area contributed by atoms with E-state index >= 15 is 0 Å². The predicted molar refractivity (Wildman–Crippen MR) is 62.1 cm³/mol. The summed E-state index contributed by atoms with van der Waals surface area (Å²) in [6, 6.07) is 4.63. The second-order valence-corrected chi connectivity index (χ2v) is 4.06. The number of carbonyl (C=O) groups is 1. The van der Waals surface area contributed by atoms with Gasteiger partial charge in [0.25, 0.3) is 0 Å². The van der Waals surface area contributed by atoms with E-state index in [-0.39, 0.29) is 12.1 Å². The average Bonchev–Trinajstić information content (AvgIpc) is 2.24. The van der Waals surface area contributed by atoms with Crippen LogP contribution in [0.3, 0.4) is 0 Å². The number of carboxylic acid groups (broad SMARTS) is 1. The van der Waals surface area contributed by atoms with Crippen LogP contribution in [0.5, 0.6) is 0 Å². The number of nitrogens with zero attached hydrogens (tertiary/aromatic N) is 1. The molecule has 0 spiro atoms. The molecule has 0 saturated carbocycles. The summed E-state index contributed by atoms with van der Waals surface area (Å²) in [4.78, 5) is 12.4. The van der Waals surface area contributed by atoms with Crippen LogP contribution in [0.25, 0.3) is 0 Å². The molecular weight excluding hydrogens is 247 g/mol. The SMILES string of the molecule is Cc1cccc(C(=O)O)c1N(C)CCC(F)(F)F. The lowest BCUT2D eigenvalue weighted by Gasteiger charge is -2.23. The van der Waals surface area contributed by atoms with E-state index in [0.717, 1.165) is 0 Å². The molecule has 0 atom stereocenters. The van der Waals surface area contributed by atoms with Crippen LogP contribution in [0, 0.1) is 6.92 Å². The molecule has 6 heteroatoms. The van der Waals surface area contributed by atoms with Gasteiger partial charge in [-0.3, -0.25) is 0 Å². The van der Waals surface area contributed by atoms with Crippen LogP contribution in [0.4, 0.5) is 18.9 Å². The first-order valence-corrected chi connectivity index (χ1v) is 5.33. The highest BCUT2D eigenvalue weighted by Crippen LogP contribution is 2.26. The zero-order chi connectivity index (χ0) is 13.9. The molecule has 0 bridgehead atoms. The maximum Gasteiger partial charge on any atom is 0.390 e. The molecule has 1 N–H and O–H groups in total. The Hall–Kier alpha value is -1.72. The molecule has 0 amide bonds. The summed E-state index contributed by atoms with van der Waals surface area (Å²) in [5, 5.41) is 9.02. The van der Waals surface area contributed by atoms with Crippen molar-refractivity contribution in [2.75, 3.05) is 18.5 Å². The van der Waals surface area contributed by atoms with Gasteiger partial charge in [0.05, 0.1) is 17.7 Å². The van der Waals surface area contributed by atoms with Gasteiger partial charge in [0.2, 0.25) is 0 Å². The minimum Gasteiger partial charge on any atom is -0.478 e. The van der Waals surface area contributed by atoms with Crippen LogP contribution in [0.1, 0.15) is 22.3 Å². The minimum atomic E-state index is -4.25. The molecule has 0 aliphatic heterocycles. The number of hydrogen-bond acceptors (Lipinski definition) is 2. The van der Waals surface area contributed by atoms with E-state index in [9.17, 15) is 18.0 Å².